The molecule has 0 fully saturated rings. The third-order valence-corrected chi connectivity index (χ3v) is 6.71. The topological polar surface area (TPSA) is 71.1 Å². The van der Waals surface area contributed by atoms with E-state index in [1.54, 1.807) is 12.1 Å². The second-order valence-corrected chi connectivity index (χ2v) is 9.57. The number of carbonyl (C=O) groups excluding carboxylic acids is 2. The second-order valence-electron chi connectivity index (χ2n) is 7.23. The van der Waals surface area contributed by atoms with Crippen LogP contribution in [0.4, 0.5) is 10.8 Å². The average molecular weight is 494 g/mol. The van der Waals surface area contributed by atoms with Gasteiger partial charge in [0.05, 0.1) is 11.4 Å². The van der Waals surface area contributed by atoms with Gasteiger partial charge in [0.25, 0.3) is 5.91 Å². The van der Waals surface area contributed by atoms with E-state index in [4.69, 9.17) is 11.6 Å². The first kappa shape index (κ1) is 23.0. The van der Waals surface area contributed by atoms with E-state index in [0.29, 0.717) is 21.4 Å². The normalized spacial score (nSPS) is 10.6. The van der Waals surface area contributed by atoms with Crippen molar-refractivity contribution in [2.75, 3.05) is 16.4 Å². The van der Waals surface area contributed by atoms with Gasteiger partial charge < -0.3 is 10.6 Å². The quantitative estimate of drug-likeness (QED) is 0.279. The molecule has 0 aliphatic heterocycles. The zero-order valence-corrected chi connectivity index (χ0v) is 20.1. The van der Waals surface area contributed by atoms with E-state index >= 15 is 0 Å². The first-order chi connectivity index (χ1) is 16.0. The smallest absolute Gasteiger partial charge is 0.255 e. The monoisotopic (exact) mass is 493 g/mol. The Hall–Kier alpha value is -3.13. The van der Waals surface area contributed by atoms with Gasteiger partial charge in [0.2, 0.25) is 5.91 Å². The van der Waals surface area contributed by atoms with Crippen LogP contribution in [-0.4, -0.2) is 22.6 Å². The van der Waals surface area contributed by atoms with Gasteiger partial charge in [0.15, 0.2) is 5.13 Å². The summed E-state index contributed by atoms with van der Waals surface area (Å²) in [6, 6.07) is 22.2. The molecule has 33 heavy (non-hydrogen) atoms. The van der Waals surface area contributed by atoms with Crippen molar-refractivity contribution in [1.82, 2.24) is 4.98 Å². The summed E-state index contributed by atoms with van der Waals surface area (Å²) >= 11 is 8.72. The molecule has 0 saturated heterocycles. The predicted molar refractivity (Wildman–Crippen MR) is 137 cm³/mol. The third kappa shape index (κ3) is 6.44. The molecule has 0 unspecified atom stereocenters. The number of nitrogens with zero attached hydrogens (tertiary/aromatic N) is 1. The minimum atomic E-state index is -0.156. The highest BCUT2D eigenvalue weighted by Gasteiger charge is 2.10. The van der Waals surface area contributed by atoms with Crippen LogP contribution in [0.15, 0.2) is 83.1 Å². The Labute approximate surface area is 205 Å². The second kappa shape index (κ2) is 10.7. The number of aryl methyl sites for hydroxylation is 1. The number of rotatable bonds is 7. The van der Waals surface area contributed by atoms with E-state index in [-0.39, 0.29) is 17.6 Å². The number of halogens is 1. The lowest BCUT2D eigenvalue weighted by Gasteiger charge is -2.07. The Kier molecular flexibility index (Phi) is 7.44. The highest BCUT2D eigenvalue weighted by atomic mass is 35.5. The maximum atomic E-state index is 12.3. The molecule has 0 spiro atoms. The number of thiazole rings is 1. The fourth-order valence-electron chi connectivity index (χ4n) is 2.93. The van der Waals surface area contributed by atoms with Crippen LogP contribution in [0, 0.1) is 6.92 Å². The number of anilines is 2. The minimum absolute atomic E-state index is 0.131. The van der Waals surface area contributed by atoms with Gasteiger partial charge in [-0.1, -0.05) is 41.4 Å². The molecule has 0 radical (unpaired) electrons. The van der Waals surface area contributed by atoms with Crippen LogP contribution in [-0.2, 0) is 4.79 Å². The highest BCUT2D eigenvalue weighted by Crippen LogP contribution is 2.26. The number of hydrogen-bond acceptors (Lipinski definition) is 5. The minimum Gasteiger partial charge on any atom is -0.322 e. The molecule has 0 atom stereocenters. The summed E-state index contributed by atoms with van der Waals surface area (Å²) in [6.45, 7) is 1.98. The molecule has 2 amide bonds. The molecular weight excluding hydrogens is 474 g/mol. The van der Waals surface area contributed by atoms with Crippen molar-refractivity contribution in [3.8, 4) is 11.3 Å². The van der Waals surface area contributed by atoms with Crippen LogP contribution in [0.2, 0.25) is 5.02 Å². The maximum absolute atomic E-state index is 12.3. The molecule has 2 N–H and O–H groups in total. The third-order valence-electron chi connectivity index (χ3n) is 4.69. The summed E-state index contributed by atoms with van der Waals surface area (Å²) in [4.78, 5) is 30.1. The lowest BCUT2D eigenvalue weighted by Crippen LogP contribution is -2.13. The predicted octanol–water partition coefficient (Wildman–Crippen LogP) is 6.76. The van der Waals surface area contributed by atoms with Crippen molar-refractivity contribution in [1.29, 1.82) is 0 Å². The standard InChI is InChI=1S/C25H20ClN3O2S2/c1-16-2-4-18(5-3-16)24(31)27-20-10-12-21(13-11-20)32-15-23(30)29-25-28-22(14-33-25)17-6-8-19(26)9-7-17/h2-14H,15H2,1H3,(H,27,31)(H,28,29,30). The van der Waals surface area contributed by atoms with Crippen molar-refractivity contribution >= 4 is 57.3 Å². The first-order valence-corrected chi connectivity index (χ1v) is 12.3. The molecule has 0 bridgehead atoms. The maximum Gasteiger partial charge on any atom is 0.255 e. The molecule has 8 heteroatoms. The van der Waals surface area contributed by atoms with Crippen LogP contribution in [0.1, 0.15) is 15.9 Å². The van der Waals surface area contributed by atoms with Crippen LogP contribution < -0.4 is 10.6 Å². The van der Waals surface area contributed by atoms with Gasteiger partial charge in [0.1, 0.15) is 0 Å². The van der Waals surface area contributed by atoms with E-state index in [2.05, 4.69) is 15.6 Å². The summed E-state index contributed by atoms with van der Waals surface area (Å²) in [6.07, 6.45) is 0. The largest absolute Gasteiger partial charge is 0.322 e. The fraction of sp³-hybridized carbons (Fsp3) is 0.0800. The van der Waals surface area contributed by atoms with E-state index < -0.39 is 0 Å². The van der Waals surface area contributed by atoms with Gasteiger partial charge in [-0.3, -0.25) is 9.59 Å². The molecule has 0 aliphatic carbocycles. The molecule has 0 saturated carbocycles. The van der Waals surface area contributed by atoms with Gasteiger partial charge in [-0.25, -0.2) is 4.98 Å². The molecule has 166 valence electrons. The van der Waals surface area contributed by atoms with E-state index in [0.717, 1.165) is 21.7 Å². The van der Waals surface area contributed by atoms with Crippen LogP contribution in [0.3, 0.4) is 0 Å². The Morgan fingerprint density at radius 1 is 0.939 bits per heavy atom. The van der Waals surface area contributed by atoms with Gasteiger partial charge in [-0.15, -0.1) is 23.1 Å². The number of nitrogens with one attached hydrogen (secondary N) is 2. The first-order valence-electron chi connectivity index (χ1n) is 10.1. The summed E-state index contributed by atoms with van der Waals surface area (Å²) in [5, 5.41) is 8.84. The van der Waals surface area contributed by atoms with Crippen LogP contribution in [0.25, 0.3) is 11.3 Å². The van der Waals surface area contributed by atoms with Crippen molar-refractivity contribution in [2.45, 2.75) is 11.8 Å². The molecule has 1 aromatic heterocycles. The molecule has 4 rings (SSSR count). The molecule has 4 aromatic rings. The van der Waals surface area contributed by atoms with Crippen molar-refractivity contribution in [3.05, 3.63) is 94.3 Å². The molecule has 0 aliphatic rings. The summed E-state index contributed by atoms with van der Waals surface area (Å²) < 4.78 is 0. The van der Waals surface area contributed by atoms with Crippen LogP contribution >= 0.6 is 34.7 Å². The Morgan fingerprint density at radius 3 is 2.33 bits per heavy atom. The summed E-state index contributed by atoms with van der Waals surface area (Å²) in [7, 11) is 0. The lowest BCUT2D eigenvalue weighted by atomic mass is 10.1. The lowest BCUT2D eigenvalue weighted by molar-refractivity contribution is -0.113. The molecule has 1 heterocycles. The summed E-state index contributed by atoms with van der Waals surface area (Å²) in [5.41, 5.74) is 4.15. The van der Waals surface area contributed by atoms with Crippen molar-refractivity contribution in [2.24, 2.45) is 0 Å². The zero-order valence-electron chi connectivity index (χ0n) is 17.7. The number of amides is 2. The summed E-state index contributed by atoms with van der Waals surface area (Å²) in [5.74, 6) is -0.0322. The number of aromatic nitrogens is 1. The van der Waals surface area contributed by atoms with Gasteiger partial charge in [-0.2, -0.15) is 0 Å². The Bertz CT molecular complexity index is 1250. The van der Waals surface area contributed by atoms with Crippen molar-refractivity contribution < 1.29 is 9.59 Å². The number of hydrogen-bond donors (Lipinski definition) is 2. The number of thioether (sulfide) groups is 1. The average Bonchev–Trinajstić information content (AvgIpc) is 3.28. The Morgan fingerprint density at radius 2 is 1.64 bits per heavy atom. The van der Waals surface area contributed by atoms with Crippen LogP contribution in [0.5, 0.6) is 0 Å². The zero-order chi connectivity index (χ0) is 23.2. The highest BCUT2D eigenvalue weighted by molar-refractivity contribution is 8.00. The van der Waals surface area contributed by atoms with Crippen molar-refractivity contribution in [3.63, 3.8) is 0 Å². The number of benzene rings is 3. The van der Waals surface area contributed by atoms with Gasteiger partial charge >= 0.3 is 0 Å². The molecular formula is C25H20ClN3O2S2. The molecule has 5 nitrogen and oxygen atoms in total. The fourth-order valence-corrected chi connectivity index (χ4v) is 4.49. The van der Waals surface area contributed by atoms with E-state index in [1.807, 2.05) is 73.0 Å². The molecule has 3 aromatic carbocycles. The van der Waals surface area contributed by atoms with Gasteiger partial charge in [0, 0.05) is 32.1 Å². The van der Waals surface area contributed by atoms with Gasteiger partial charge in [-0.05, 0) is 55.5 Å². The van der Waals surface area contributed by atoms with E-state index in [9.17, 15) is 9.59 Å². The SMILES string of the molecule is Cc1ccc(C(=O)Nc2ccc(SCC(=O)Nc3nc(-c4ccc(Cl)cc4)cs3)cc2)cc1. The Balaban J connectivity index is 1.27. The van der Waals surface area contributed by atoms with E-state index in [1.165, 1.54) is 23.1 Å². The number of carbonyl (C=O) groups is 2.